The summed E-state index contributed by atoms with van der Waals surface area (Å²) < 4.78 is 33.5. The number of nitrogens with one attached hydrogen (secondary N) is 2. The summed E-state index contributed by atoms with van der Waals surface area (Å²) in [6.07, 6.45) is 0.571. The summed E-state index contributed by atoms with van der Waals surface area (Å²) >= 11 is 9.37. The zero-order valence-electron chi connectivity index (χ0n) is 17.8. The Hall–Kier alpha value is -3.41. The van der Waals surface area contributed by atoms with Gasteiger partial charge < -0.3 is 9.73 Å². The van der Waals surface area contributed by atoms with E-state index in [9.17, 15) is 18.0 Å². The SMILES string of the molecule is O=C(Nc1ccc(Br)cc1-c1n[nH]c(=O)o1)c1ccc(S(=O)(=O)N2CCc3cc(Cl)ccc32)cc1. The summed E-state index contributed by atoms with van der Waals surface area (Å²) in [6, 6.07) is 15.8. The van der Waals surface area contributed by atoms with Crippen molar-refractivity contribution in [3.63, 3.8) is 0 Å². The molecule has 1 aliphatic heterocycles. The highest BCUT2D eigenvalue weighted by molar-refractivity contribution is 9.10. The molecule has 5 rings (SSSR count). The van der Waals surface area contributed by atoms with E-state index < -0.39 is 21.7 Å². The third kappa shape index (κ3) is 4.49. The fourth-order valence-corrected chi connectivity index (χ4v) is 5.90. The van der Waals surface area contributed by atoms with Crippen LogP contribution in [0.5, 0.6) is 0 Å². The van der Waals surface area contributed by atoms with Crippen LogP contribution in [0.15, 0.2) is 79.2 Å². The molecule has 0 saturated carbocycles. The van der Waals surface area contributed by atoms with Gasteiger partial charge in [-0.1, -0.05) is 27.5 Å². The van der Waals surface area contributed by atoms with Gasteiger partial charge in [-0.05, 0) is 72.6 Å². The predicted molar refractivity (Wildman–Crippen MR) is 134 cm³/mol. The molecule has 1 aromatic heterocycles. The van der Waals surface area contributed by atoms with Crippen molar-refractivity contribution in [2.24, 2.45) is 0 Å². The molecule has 0 fully saturated rings. The topological polar surface area (TPSA) is 125 Å². The molecule has 12 heteroatoms. The normalized spacial score (nSPS) is 13.0. The molecule has 1 amide bonds. The number of aromatic nitrogens is 2. The zero-order valence-corrected chi connectivity index (χ0v) is 20.9. The maximum Gasteiger partial charge on any atom is 0.434 e. The molecule has 4 aromatic rings. The maximum absolute atomic E-state index is 13.2. The van der Waals surface area contributed by atoms with Crippen molar-refractivity contribution in [3.05, 3.63) is 91.8 Å². The van der Waals surface area contributed by atoms with E-state index in [-0.39, 0.29) is 16.3 Å². The monoisotopic (exact) mass is 574 g/mol. The van der Waals surface area contributed by atoms with Crippen LogP contribution in [-0.4, -0.2) is 31.1 Å². The number of amides is 1. The van der Waals surface area contributed by atoms with E-state index in [1.165, 1.54) is 28.6 Å². The first-order valence-corrected chi connectivity index (χ1v) is 12.9. The number of fused-ring (bicyclic) bond motifs is 1. The average Bonchev–Trinajstić information content (AvgIpc) is 3.46. The van der Waals surface area contributed by atoms with Gasteiger partial charge >= 0.3 is 5.76 Å². The second-order valence-electron chi connectivity index (χ2n) is 7.69. The fourth-order valence-electron chi connectivity index (χ4n) is 3.84. The number of aromatic amines is 1. The Morgan fingerprint density at radius 1 is 1.11 bits per heavy atom. The Kier molecular flexibility index (Phi) is 5.99. The number of carbonyl (C=O) groups is 1. The lowest BCUT2D eigenvalue weighted by molar-refractivity contribution is 0.102. The van der Waals surface area contributed by atoms with Crippen LogP contribution in [0.4, 0.5) is 11.4 Å². The highest BCUT2D eigenvalue weighted by Gasteiger charge is 2.31. The Balaban J connectivity index is 1.39. The molecule has 178 valence electrons. The molecule has 2 N–H and O–H groups in total. The van der Waals surface area contributed by atoms with Gasteiger partial charge in [-0.25, -0.2) is 18.3 Å². The van der Waals surface area contributed by atoms with E-state index in [1.54, 1.807) is 36.4 Å². The minimum atomic E-state index is -3.81. The first kappa shape index (κ1) is 23.3. The number of H-pyrrole nitrogens is 1. The molecule has 9 nitrogen and oxygen atoms in total. The third-order valence-corrected chi connectivity index (χ3v) is 8.05. The molecule has 0 spiro atoms. The number of anilines is 2. The Morgan fingerprint density at radius 3 is 2.60 bits per heavy atom. The minimum absolute atomic E-state index is 0.0141. The predicted octanol–water partition coefficient (Wildman–Crippen LogP) is 4.45. The first-order valence-electron chi connectivity index (χ1n) is 10.3. The summed E-state index contributed by atoms with van der Waals surface area (Å²) in [7, 11) is -3.81. The first-order chi connectivity index (χ1) is 16.7. The molecular weight excluding hydrogens is 560 g/mol. The van der Waals surface area contributed by atoms with E-state index in [0.29, 0.717) is 39.4 Å². The molecular formula is C23H16BrClN4O5S. The molecule has 0 radical (unpaired) electrons. The van der Waals surface area contributed by atoms with Crippen LogP contribution in [0.25, 0.3) is 11.5 Å². The number of halogens is 2. The summed E-state index contributed by atoms with van der Waals surface area (Å²) in [4.78, 5) is 24.3. The van der Waals surface area contributed by atoms with Gasteiger partial charge in [0.05, 0.1) is 21.8 Å². The molecule has 0 saturated heterocycles. The van der Waals surface area contributed by atoms with Gasteiger partial charge in [0, 0.05) is 21.6 Å². The van der Waals surface area contributed by atoms with Crippen molar-refractivity contribution < 1.29 is 17.6 Å². The number of hydrogen-bond acceptors (Lipinski definition) is 6. The second-order valence-corrected chi connectivity index (χ2v) is 10.9. The van der Waals surface area contributed by atoms with Crippen LogP contribution in [0.1, 0.15) is 15.9 Å². The van der Waals surface area contributed by atoms with Gasteiger partial charge in [-0.2, -0.15) is 0 Å². The van der Waals surface area contributed by atoms with E-state index in [4.69, 9.17) is 16.0 Å². The number of benzene rings is 3. The van der Waals surface area contributed by atoms with Gasteiger partial charge in [0.2, 0.25) is 0 Å². The van der Waals surface area contributed by atoms with Crippen molar-refractivity contribution in [3.8, 4) is 11.5 Å². The Morgan fingerprint density at radius 2 is 1.89 bits per heavy atom. The van der Waals surface area contributed by atoms with Crippen molar-refractivity contribution in [1.82, 2.24) is 10.2 Å². The van der Waals surface area contributed by atoms with Crippen LogP contribution in [0.3, 0.4) is 0 Å². The average molecular weight is 576 g/mol. The lowest BCUT2D eigenvalue weighted by Gasteiger charge is -2.19. The summed E-state index contributed by atoms with van der Waals surface area (Å²) in [5.41, 5.74) is 2.46. The molecule has 0 atom stereocenters. The van der Waals surface area contributed by atoms with E-state index in [0.717, 1.165) is 5.56 Å². The third-order valence-electron chi connectivity index (χ3n) is 5.50. The number of nitrogens with zero attached hydrogens (tertiary/aromatic N) is 2. The van der Waals surface area contributed by atoms with Crippen LogP contribution < -0.4 is 15.4 Å². The van der Waals surface area contributed by atoms with Crippen LogP contribution >= 0.6 is 27.5 Å². The lowest BCUT2D eigenvalue weighted by atomic mass is 10.1. The van der Waals surface area contributed by atoms with E-state index in [1.807, 2.05) is 0 Å². The number of hydrogen-bond donors (Lipinski definition) is 2. The zero-order chi connectivity index (χ0) is 24.7. The molecule has 2 heterocycles. The van der Waals surface area contributed by atoms with Gasteiger partial charge in [-0.15, -0.1) is 5.10 Å². The van der Waals surface area contributed by atoms with Gasteiger partial charge in [0.15, 0.2) is 0 Å². The van der Waals surface area contributed by atoms with Gasteiger partial charge in [-0.3, -0.25) is 9.10 Å². The smallest absolute Gasteiger partial charge is 0.388 e. The van der Waals surface area contributed by atoms with Gasteiger partial charge in [0.25, 0.3) is 21.8 Å². The molecule has 35 heavy (non-hydrogen) atoms. The number of carbonyl (C=O) groups excluding carboxylic acids is 1. The van der Waals surface area contributed by atoms with Crippen molar-refractivity contribution >= 4 is 54.8 Å². The van der Waals surface area contributed by atoms with Crippen molar-refractivity contribution in [2.75, 3.05) is 16.2 Å². The molecule has 0 bridgehead atoms. The highest BCUT2D eigenvalue weighted by atomic mass is 79.9. The van der Waals surface area contributed by atoms with Gasteiger partial charge in [0.1, 0.15) is 0 Å². The van der Waals surface area contributed by atoms with Crippen LogP contribution in [0.2, 0.25) is 5.02 Å². The van der Waals surface area contributed by atoms with Crippen LogP contribution in [-0.2, 0) is 16.4 Å². The van der Waals surface area contributed by atoms with Crippen LogP contribution in [0, 0.1) is 0 Å². The molecule has 0 aliphatic carbocycles. The standard InChI is InChI=1S/C23H16BrClN4O5S/c24-15-3-7-19(18(12-15)22-27-28-23(31)34-22)26-21(30)13-1-5-17(6-2-13)35(32,33)29-10-9-14-11-16(25)4-8-20(14)29/h1-8,11-12H,9-10H2,(H,26,30)(H,28,31). The van der Waals surface area contributed by atoms with Crippen molar-refractivity contribution in [1.29, 1.82) is 0 Å². The fraction of sp³-hybridized carbons (Fsp3) is 0.0870. The largest absolute Gasteiger partial charge is 0.434 e. The van der Waals surface area contributed by atoms with E-state index >= 15 is 0 Å². The molecule has 3 aromatic carbocycles. The highest BCUT2D eigenvalue weighted by Crippen LogP contribution is 2.35. The lowest BCUT2D eigenvalue weighted by Crippen LogP contribution is -2.29. The second kappa shape index (κ2) is 8.99. The summed E-state index contributed by atoms with van der Waals surface area (Å²) in [6.45, 7) is 0.315. The molecule has 1 aliphatic rings. The van der Waals surface area contributed by atoms with E-state index in [2.05, 4.69) is 31.4 Å². The number of rotatable bonds is 5. The quantitative estimate of drug-likeness (QED) is 0.362. The molecule has 0 unspecified atom stereocenters. The Bertz CT molecular complexity index is 1620. The minimum Gasteiger partial charge on any atom is -0.388 e. The summed E-state index contributed by atoms with van der Waals surface area (Å²) in [5, 5.41) is 9.30. The van der Waals surface area contributed by atoms with Crippen molar-refractivity contribution in [2.45, 2.75) is 11.3 Å². The summed E-state index contributed by atoms with van der Waals surface area (Å²) in [5.74, 6) is -1.19. The maximum atomic E-state index is 13.2. The number of sulfonamides is 1. The Labute approximate surface area is 212 Å².